The molecule has 1 heterocycles. The third-order valence-electron chi connectivity index (χ3n) is 3.64. The minimum Gasteiger partial charge on any atom is -0.493 e. The van der Waals surface area contributed by atoms with Crippen LogP contribution in [-0.4, -0.2) is 11.6 Å². The highest BCUT2D eigenvalue weighted by atomic mass is 16.5. The van der Waals surface area contributed by atoms with Crippen molar-refractivity contribution in [1.29, 1.82) is 0 Å². The van der Waals surface area contributed by atoms with Crippen LogP contribution in [0.3, 0.4) is 0 Å². The van der Waals surface area contributed by atoms with Crippen LogP contribution in [0.2, 0.25) is 0 Å². The second-order valence-corrected chi connectivity index (χ2v) is 5.58. The zero-order valence-corrected chi connectivity index (χ0v) is 12.5. The van der Waals surface area contributed by atoms with Crippen LogP contribution in [-0.2, 0) is 19.5 Å². The maximum Gasteiger partial charge on any atom is 0.194 e. The van der Waals surface area contributed by atoms with Crippen molar-refractivity contribution in [1.82, 2.24) is 10.3 Å². The normalized spacial score (nSPS) is 14.3. The van der Waals surface area contributed by atoms with Crippen LogP contribution in [0, 0.1) is 5.92 Å². The monoisotopic (exact) mass is 286 g/mol. The van der Waals surface area contributed by atoms with E-state index in [9.17, 15) is 0 Å². The molecule has 0 saturated heterocycles. The largest absolute Gasteiger partial charge is 0.493 e. The lowest BCUT2D eigenvalue weighted by Crippen LogP contribution is -2.12. The molecule has 0 unspecified atom stereocenters. The summed E-state index contributed by atoms with van der Waals surface area (Å²) >= 11 is 0. The summed E-state index contributed by atoms with van der Waals surface area (Å²) in [5.74, 6) is 3.44. The molecular formula is C17H22N2O2. The van der Waals surface area contributed by atoms with Crippen LogP contribution in [0.4, 0.5) is 0 Å². The Bertz CT molecular complexity index is 558. The van der Waals surface area contributed by atoms with Crippen molar-refractivity contribution >= 4 is 0 Å². The molecule has 0 atom stereocenters. The number of hydrogen-bond acceptors (Lipinski definition) is 4. The summed E-state index contributed by atoms with van der Waals surface area (Å²) in [5, 5.41) is 3.36. The van der Waals surface area contributed by atoms with Gasteiger partial charge in [-0.2, -0.15) is 0 Å². The molecule has 1 N–H and O–H groups in total. The van der Waals surface area contributed by atoms with E-state index in [-0.39, 0.29) is 0 Å². The molecule has 1 aromatic carbocycles. The maximum absolute atomic E-state index is 5.73. The predicted molar refractivity (Wildman–Crippen MR) is 81.1 cm³/mol. The van der Waals surface area contributed by atoms with Crippen molar-refractivity contribution in [2.45, 2.75) is 39.3 Å². The molecule has 1 aliphatic rings. The minimum absolute atomic E-state index is 0.701. The van der Waals surface area contributed by atoms with Crippen LogP contribution >= 0.6 is 0 Å². The van der Waals surface area contributed by atoms with Crippen molar-refractivity contribution in [2.75, 3.05) is 6.61 Å². The summed E-state index contributed by atoms with van der Waals surface area (Å²) in [6.45, 7) is 4.41. The van der Waals surface area contributed by atoms with E-state index in [1.165, 1.54) is 18.4 Å². The van der Waals surface area contributed by atoms with Crippen molar-refractivity contribution in [2.24, 2.45) is 5.92 Å². The molecule has 21 heavy (non-hydrogen) atoms. The van der Waals surface area contributed by atoms with E-state index >= 15 is 0 Å². The summed E-state index contributed by atoms with van der Waals surface area (Å²) in [5.41, 5.74) is 1.24. The van der Waals surface area contributed by atoms with Crippen LogP contribution in [0.25, 0.3) is 0 Å². The van der Waals surface area contributed by atoms with E-state index < -0.39 is 0 Å². The average Bonchev–Trinajstić information content (AvgIpc) is 3.24. The third-order valence-corrected chi connectivity index (χ3v) is 3.64. The molecule has 0 radical (unpaired) electrons. The Morgan fingerprint density at radius 1 is 1.24 bits per heavy atom. The van der Waals surface area contributed by atoms with Crippen LogP contribution < -0.4 is 10.1 Å². The predicted octanol–water partition coefficient (Wildman–Crippen LogP) is 3.32. The van der Waals surface area contributed by atoms with Gasteiger partial charge in [0.1, 0.15) is 11.5 Å². The average molecular weight is 286 g/mol. The molecule has 1 saturated carbocycles. The van der Waals surface area contributed by atoms with E-state index in [2.05, 4.69) is 22.4 Å². The van der Waals surface area contributed by atoms with E-state index in [0.29, 0.717) is 6.54 Å². The fourth-order valence-corrected chi connectivity index (χ4v) is 2.13. The first-order valence-electron chi connectivity index (χ1n) is 7.69. The Labute approximate surface area is 125 Å². The second kappa shape index (κ2) is 6.76. The van der Waals surface area contributed by atoms with Gasteiger partial charge in [0.2, 0.25) is 0 Å². The summed E-state index contributed by atoms with van der Waals surface area (Å²) in [4.78, 5) is 4.19. The molecule has 1 aromatic heterocycles. The van der Waals surface area contributed by atoms with Crippen LogP contribution in [0.1, 0.15) is 37.0 Å². The lowest BCUT2D eigenvalue weighted by atomic mass is 10.2. The number of aromatic nitrogens is 1. The van der Waals surface area contributed by atoms with Crippen molar-refractivity contribution in [3.05, 3.63) is 47.7 Å². The zero-order valence-electron chi connectivity index (χ0n) is 12.5. The SMILES string of the molecule is CCc1ncc(CNCc2ccc(OCC3CC3)cc2)o1. The third kappa shape index (κ3) is 4.33. The summed E-state index contributed by atoms with van der Waals surface area (Å²) in [6.07, 6.45) is 5.27. The molecule has 4 nitrogen and oxygen atoms in total. The molecule has 1 fully saturated rings. The molecule has 112 valence electrons. The number of nitrogens with one attached hydrogen (secondary N) is 1. The van der Waals surface area contributed by atoms with Crippen molar-refractivity contribution in [3.63, 3.8) is 0 Å². The fraction of sp³-hybridized carbons (Fsp3) is 0.471. The van der Waals surface area contributed by atoms with Gasteiger partial charge in [-0.1, -0.05) is 19.1 Å². The van der Waals surface area contributed by atoms with Gasteiger partial charge in [0, 0.05) is 13.0 Å². The second-order valence-electron chi connectivity index (χ2n) is 5.58. The van der Waals surface area contributed by atoms with E-state index in [0.717, 1.165) is 42.9 Å². The molecule has 0 spiro atoms. The number of benzene rings is 1. The molecule has 2 aromatic rings. The Kier molecular flexibility index (Phi) is 4.55. The van der Waals surface area contributed by atoms with Gasteiger partial charge in [-0.25, -0.2) is 4.98 Å². The summed E-state index contributed by atoms with van der Waals surface area (Å²) in [6, 6.07) is 8.30. The molecule has 0 aliphatic heterocycles. The van der Waals surface area contributed by atoms with Gasteiger partial charge >= 0.3 is 0 Å². The van der Waals surface area contributed by atoms with Crippen LogP contribution in [0.15, 0.2) is 34.9 Å². The number of rotatable bonds is 8. The van der Waals surface area contributed by atoms with Gasteiger partial charge in [-0.3, -0.25) is 0 Å². The highest BCUT2D eigenvalue weighted by molar-refractivity contribution is 5.27. The first-order chi connectivity index (χ1) is 10.3. The first kappa shape index (κ1) is 14.1. The van der Waals surface area contributed by atoms with Gasteiger partial charge in [0.25, 0.3) is 0 Å². The Morgan fingerprint density at radius 2 is 2.05 bits per heavy atom. The fourth-order valence-electron chi connectivity index (χ4n) is 2.13. The standard InChI is InChI=1S/C17H22N2O2/c1-2-17-19-11-16(21-17)10-18-9-13-5-7-15(8-6-13)20-12-14-3-4-14/h5-8,11,14,18H,2-4,9-10,12H2,1H3. The lowest BCUT2D eigenvalue weighted by Gasteiger charge is -2.07. The van der Waals surface area contributed by atoms with E-state index in [4.69, 9.17) is 9.15 Å². The number of oxazole rings is 1. The Balaban J connectivity index is 1.41. The molecule has 0 bridgehead atoms. The van der Waals surface area contributed by atoms with Gasteiger partial charge in [-0.15, -0.1) is 0 Å². The van der Waals surface area contributed by atoms with Crippen molar-refractivity contribution < 1.29 is 9.15 Å². The first-order valence-corrected chi connectivity index (χ1v) is 7.69. The van der Waals surface area contributed by atoms with Gasteiger partial charge in [0.05, 0.1) is 19.3 Å². The quantitative estimate of drug-likeness (QED) is 0.808. The van der Waals surface area contributed by atoms with Gasteiger partial charge in [0.15, 0.2) is 5.89 Å². The smallest absolute Gasteiger partial charge is 0.194 e. The topological polar surface area (TPSA) is 47.3 Å². The molecule has 0 amide bonds. The van der Waals surface area contributed by atoms with Crippen LogP contribution in [0.5, 0.6) is 5.75 Å². The highest BCUT2D eigenvalue weighted by Crippen LogP contribution is 2.29. The number of nitrogens with zero attached hydrogens (tertiary/aromatic N) is 1. The van der Waals surface area contributed by atoms with Gasteiger partial charge < -0.3 is 14.5 Å². The number of aryl methyl sites for hydroxylation is 1. The Morgan fingerprint density at radius 3 is 2.71 bits per heavy atom. The van der Waals surface area contributed by atoms with Gasteiger partial charge in [-0.05, 0) is 36.5 Å². The number of ether oxygens (including phenoxy) is 1. The molecule has 1 aliphatic carbocycles. The molecular weight excluding hydrogens is 264 g/mol. The summed E-state index contributed by atoms with van der Waals surface area (Å²) in [7, 11) is 0. The highest BCUT2D eigenvalue weighted by Gasteiger charge is 2.21. The number of hydrogen-bond donors (Lipinski definition) is 1. The Hall–Kier alpha value is -1.81. The van der Waals surface area contributed by atoms with E-state index in [1.54, 1.807) is 6.20 Å². The maximum atomic E-state index is 5.73. The van der Waals surface area contributed by atoms with E-state index in [1.807, 2.05) is 19.1 Å². The zero-order chi connectivity index (χ0) is 14.5. The van der Waals surface area contributed by atoms with Crippen molar-refractivity contribution in [3.8, 4) is 5.75 Å². The summed E-state index contributed by atoms with van der Waals surface area (Å²) < 4.78 is 11.3. The lowest BCUT2D eigenvalue weighted by molar-refractivity contribution is 0.299. The molecule has 3 rings (SSSR count). The molecule has 4 heteroatoms. The minimum atomic E-state index is 0.701.